The highest BCUT2D eigenvalue weighted by molar-refractivity contribution is 5.96. The molecule has 1 aromatic rings. The van der Waals surface area contributed by atoms with Crippen LogP contribution in [0.25, 0.3) is 0 Å². The summed E-state index contributed by atoms with van der Waals surface area (Å²) in [6.45, 7) is 0. The molecular formula is C11H11NO3. The van der Waals surface area contributed by atoms with Crippen molar-refractivity contribution < 1.29 is 14.3 Å². The number of esters is 1. The standard InChI is InChI=1S/C11H11NO3/c1-15-11(14)8-2-4-9-7(6-8)3-5-10(13)12-9/h2,4,6H,3,5H2,1H3,(H,12,13). The molecule has 0 saturated heterocycles. The van der Waals surface area contributed by atoms with Gasteiger partial charge < -0.3 is 10.1 Å². The smallest absolute Gasteiger partial charge is 0.337 e. The topological polar surface area (TPSA) is 55.4 Å². The summed E-state index contributed by atoms with van der Waals surface area (Å²) in [6, 6.07) is 5.15. The molecule has 0 atom stereocenters. The molecule has 0 bridgehead atoms. The quantitative estimate of drug-likeness (QED) is 0.704. The Morgan fingerprint density at radius 1 is 1.40 bits per heavy atom. The number of methoxy groups -OCH3 is 1. The van der Waals surface area contributed by atoms with E-state index in [-0.39, 0.29) is 11.9 Å². The Morgan fingerprint density at radius 3 is 2.93 bits per heavy atom. The van der Waals surface area contributed by atoms with Crippen LogP contribution in [0.2, 0.25) is 0 Å². The number of hydrogen-bond donors (Lipinski definition) is 1. The van der Waals surface area contributed by atoms with Gasteiger partial charge in [-0.05, 0) is 30.2 Å². The minimum Gasteiger partial charge on any atom is -0.465 e. The minimum absolute atomic E-state index is 0.0216. The van der Waals surface area contributed by atoms with Gasteiger partial charge in [-0.25, -0.2) is 4.79 Å². The van der Waals surface area contributed by atoms with Crippen molar-refractivity contribution in [1.82, 2.24) is 0 Å². The molecule has 0 unspecified atom stereocenters. The van der Waals surface area contributed by atoms with E-state index < -0.39 is 0 Å². The Balaban J connectivity index is 2.34. The maximum atomic E-state index is 11.3. The number of nitrogens with one attached hydrogen (secondary N) is 1. The molecule has 0 fully saturated rings. The molecule has 0 spiro atoms. The Morgan fingerprint density at radius 2 is 2.20 bits per heavy atom. The second-order valence-corrected chi connectivity index (χ2v) is 3.41. The van der Waals surface area contributed by atoms with E-state index >= 15 is 0 Å². The Hall–Kier alpha value is -1.84. The molecule has 15 heavy (non-hydrogen) atoms. The van der Waals surface area contributed by atoms with Crippen molar-refractivity contribution in [2.75, 3.05) is 12.4 Å². The van der Waals surface area contributed by atoms with E-state index in [0.717, 1.165) is 11.3 Å². The van der Waals surface area contributed by atoms with Crippen LogP contribution in [0.3, 0.4) is 0 Å². The van der Waals surface area contributed by atoms with E-state index in [1.165, 1.54) is 7.11 Å². The number of carbonyl (C=O) groups is 2. The van der Waals surface area contributed by atoms with E-state index in [2.05, 4.69) is 10.1 Å². The molecule has 4 nitrogen and oxygen atoms in total. The van der Waals surface area contributed by atoms with Gasteiger partial charge in [0.1, 0.15) is 0 Å². The van der Waals surface area contributed by atoms with Crippen LogP contribution in [0.5, 0.6) is 0 Å². The summed E-state index contributed by atoms with van der Waals surface area (Å²) < 4.78 is 4.62. The molecule has 1 heterocycles. The average molecular weight is 205 g/mol. The molecule has 0 radical (unpaired) electrons. The number of benzene rings is 1. The van der Waals surface area contributed by atoms with Crippen LogP contribution in [-0.2, 0) is 16.0 Å². The highest BCUT2D eigenvalue weighted by Crippen LogP contribution is 2.23. The second-order valence-electron chi connectivity index (χ2n) is 3.41. The maximum Gasteiger partial charge on any atom is 0.337 e. The summed E-state index contributed by atoms with van der Waals surface area (Å²) in [5, 5.41) is 2.75. The molecule has 78 valence electrons. The second kappa shape index (κ2) is 3.73. The largest absolute Gasteiger partial charge is 0.465 e. The van der Waals surface area contributed by atoms with Crippen LogP contribution in [0.15, 0.2) is 18.2 Å². The number of rotatable bonds is 1. The van der Waals surface area contributed by atoms with Crippen LogP contribution in [0.1, 0.15) is 22.3 Å². The number of carbonyl (C=O) groups excluding carboxylic acids is 2. The van der Waals surface area contributed by atoms with Gasteiger partial charge in [0.2, 0.25) is 5.91 Å². The number of anilines is 1. The first-order chi connectivity index (χ1) is 7.20. The fourth-order valence-electron chi connectivity index (χ4n) is 1.63. The van der Waals surface area contributed by atoms with Gasteiger partial charge in [-0.1, -0.05) is 0 Å². The van der Waals surface area contributed by atoms with Gasteiger partial charge in [-0.3, -0.25) is 4.79 Å². The van der Waals surface area contributed by atoms with Crippen molar-refractivity contribution in [2.45, 2.75) is 12.8 Å². The van der Waals surface area contributed by atoms with Gasteiger partial charge in [0, 0.05) is 12.1 Å². The molecule has 0 saturated carbocycles. The van der Waals surface area contributed by atoms with Crippen LogP contribution in [-0.4, -0.2) is 19.0 Å². The fourth-order valence-corrected chi connectivity index (χ4v) is 1.63. The first-order valence-electron chi connectivity index (χ1n) is 4.72. The summed E-state index contributed by atoms with van der Waals surface area (Å²) in [5.74, 6) is -0.331. The molecular weight excluding hydrogens is 194 g/mol. The number of fused-ring (bicyclic) bond motifs is 1. The SMILES string of the molecule is COC(=O)c1ccc2c(c1)CCC(=O)N2. The molecule has 1 N–H and O–H groups in total. The zero-order valence-electron chi connectivity index (χ0n) is 8.37. The molecule has 2 rings (SSSR count). The van der Waals surface area contributed by atoms with Gasteiger partial charge in [0.15, 0.2) is 0 Å². The van der Waals surface area contributed by atoms with Crippen molar-refractivity contribution >= 4 is 17.6 Å². The zero-order chi connectivity index (χ0) is 10.8. The molecule has 1 amide bonds. The lowest BCUT2D eigenvalue weighted by Crippen LogP contribution is -2.19. The number of aryl methyl sites for hydroxylation is 1. The van der Waals surface area contributed by atoms with Crippen LogP contribution >= 0.6 is 0 Å². The Bertz CT molecular complexity index is 426. The lowest BCUT2D eigenvalue weighted by molar-refractivity contribution is -0.116. The predicted molar refractivity (Wildman–Crippen MR) is 54.7 cm³/mol. The van der Waals surface area contributed by atoms with Crippen LogP contribution in [0.4, 0.5) is 5.69 Å². The first kappa shape index (κ1) is 9.71. The van der Waals surface area contributed by atoms with E-state index in [1.807, 2.05) is 0 Å². The summed E-state index contributed by atoms with van der Waals surface area (Å²) in [6.07, 6.45) is 1.14. The molecule has 4 heteroatoms. The first-order valence-corrected chi connectivity index (χ1v) is 4.72. The summed E-state index contributed by atoms with van der Waals surface area (Å²) >= 11 is 0. The normalized spacial score (nSPS) is 14.1. The highest BCUT2D eigenvalue weighted by atomic mass is 16.5. The lowest BCUT2D eigenvalue weighted by Gasteiger charge is -2.16. The molecule has 1 aliphatic heterocycles. The monoisotopic (exact) mass is 205 g/mol. The third-order valence-corrected chi connectivity index (χ3v) is 2.42. The summed E-state index contributed by atoms with van der Waals surface area (Å²) in [5.41, 5.74) is 2.30. The van der Waals surface area contributed by atoms with Gasteiger partial charge in [0.25, 0.3) is 0 Å². The van der Waals surface area contributed by atoms with Crippen molar-refractivity contribution in [3.8, 4) is 0 Å². The highest BCUT2D eigenvalue weighted by Gasteiger charge is 2.16. The van der Waals surface area contributed by atoms with Gasteiger partial charge >= 0.3 is 5.97 Å². The number of ether oxygens (including phenoxy) is 1. The summed E-state index contributed by atoms with van der Waals surface area (Å²) in [7, 11) is 1.35. The third-order valence-electron chi connectivity index (χ3n) is 2.42. The van der Waals surface area contributed by atoms with E-state index in [1.54, 1.807) is 18.2 Å². The third kappa shape index (κ3) is 1.83. The average Bonchev–Trinajstić information content (AvgIpc) is 2.27. The van der Waals surface area contributed by atoms with Gasteiger partial charge in [0.05, 0.1) is 12.7 Å². The van der Waals surface area contributed by atoms with E-state index in [4.69, 9.17) is 0 Å². The number of amides is 1. The van der Waals surface area contributed by atoms with Crippen LogP contribution < -0.4 is 5.32 Å². The molecule has 1 aliphatic rings. The fraction of sp³-hybridized carbons (Fsp3) is 0.273. The van der Waals surface area contributed by atoms with Crippen LogP contribution in [0, 0.1) is 0 Å². The van der Waals surface area contributed by atoms with Crippen molar-refractivity contribution in [1.29, 1.82) is 0 Å². The van der Waals surface area contributed by atoms with Crippen molar-refractivity contribution in [2.24, 2.45) is 0 Å². The molecule has 0 aliphatic carbocycles. The van der Waals surface area contributed by atoms with Gasteiger partial charge in [-0.15, -0.1) is 0 Å². The maximum absolute atomic E-state index is 11.3. The van der Waals surface area contributed by atoms with E-state index in [0.29, 0.717) is 18.4 Å². The summed E-state index contributed by atoms with van der Waals surface area (Å²) in [4.78, 5) is 22.4. The zero-order valence-corrected chi connectivity index (χ0v) is 8.37. The van der Waals surface area contributed by atoms with E-state index in [9.17, 15) is 9.59 Å². The lowest BCUT2D eigenvalue weighted by atomic mass is 10.0. The Kier molecular flexibility index (Phi) is 2.41. The number of hydrogen-bond acceptors (Lipinski definition) is 3. The molecule has 0 aromatic heterocycles. The Labute approximate surface area is 87.2 Å². The minimum atomic E-state index is -0.352. The van der Waals surface area contributed by atoms with Crippen molar-refractivity contribution in [3.05, 3.63) is 29.3 Å². The van der Waals surface area contributed by atoms with Gasteiger partial charge in [-0.2, -0.15) is 0 Å². The van der Waals surface area contributed by atoms with Crippen molar-refractivity contribution in [3.63, 3.8) is 0 Å². The predicted octanol–water partition coefficient (Wildman–Crippen LogP) is 1.36. The molecule has 1 aromatic carbocycles.